The molecule has 118 valence electrons. The lowest BCUT2D eigenvalue weighted by molar-refractivity contribution is 0.174. The normalized spacial score (nSPS) is 23.2. The molecule has 1 aromatic rings. The third-order valence-electron chi connectivity index (χ3n) is 4.93. The van der Waals surface area contributed by atoms with Crippen LogP contribution < -0.4 is 5.73 Å². The molecule has 0 saturated carbocycles. The fourth-order valence-electron chi connectivity index (χ4n) is 3.36. The molecule has 3 atom stereocenters. The molecule has 0 aromatic heterocycles. The number of halogens is 1. The molecule has 0 amide bonds. The van der Waals surface area contributed by atoms with Crippen LogP contribution in [0.2, 0.25) is 5.02 Å². The summed E-state index contributed by atoms with van der Waals surface area (Å²) in [5, 5.41) is 0.788. The van der Waals surface area contributed by atoms with Crippen LogP contribution in [0.3, 0.4) is 0 Å². The van der Waals surface area contributed by atoms with Crippen molar-refractivity contribution in [1.82, 2.24) is 4.90 Å². The van der Waals surface area contributed by atoms with Crippen molar-refractivity contribution in [3.05, 3.63) is 34.9 Å². The zero-order valence-corrected chi connectivity index (χ0v) is 14.5. The smallest absolute Gasteiger partial charge is 0.0499 e. The van der Waals surface area contributed by atoms with E-state index in [4.69, 9.17) is 17.3 Å². The number of hydrogen-bond donors (Lipinski definition) is 1. The highest BCUT2D eigenvalue weighted by molar-refractivity contribution is 6.30. The maximum Gasteiger partial charge on any atom is 0.0499 e. The van der Waals surface area contributed by atoms with E-state index in [-0.39, 0.29) is 6.04 Å². The molecule has 21 heavy (non-hydrogen) atoms. The summed E-state index contributed by atoms with van der Waals surface area (Å²) >= 11 is 6.03. The van der Waals surface area contributed by atoms with E-state index in [1.165, 1.54) is 12.0 Å². The van der Waals surface area contributed by atoms with Gasteiger partial charge in [0.2, 0.25) is 0 Å². The van der Waals surface area contributed by atoms with Crippen molar-refractivity contribution in [3.8, 4) is 0 Å². The molecule has 2 nitrogen and oxygen atoms in total. The van der Waals surface area contributed by atoms with Crippen molar-refractivity contribution < 1.29 is 0 Å². The predicted octanol–water partition coefficient (Wildman–Crippen LogP) is 4.49. The van der Waals surface area contributed by atoms with E-state index < -0.39 is 0 Å². The van der Waals surface area contributed by atoms with Gasteiger partial charge in [-0.05, 0) is 48.4 Å². The number of nitrogens with two attached hydrogens (primary N) is 1. The van der Waals surface area contributed by atoms with Gasteiger partial charge in [-0.2, -0.15) is 0 Å². The molecule has 3 unspecified atom stereocenters. The summed E-state index contributed by atoms with van der Waals surface area (Å²) in [4.78, 5) is 2.58. The molecular weight excluding hydrogens is 280 g/mol. The molecule has 3 heteroatoms. The maximum absolute atomic E-state index is 6.45. The van der Waals surface area contributed by atoms with E-state index in [2.05, 4.69) is 44.7 Å². The summed E-state index contributed by atoms with van der Waals surface area (Å²) in [7, 11) is 0. The van der Waals surface area contributed by atoms with Crippen LogP contribution in [0, 0.1) is 11.3 Å². The van der Waals surface area contributed by atoms with E-state index in [0.29, 0.717) is 11.5 Å². The van der Waals surface area contributed by atoms with Gasteiger partial charge in [0.05, 0.1) is 0 Å². The Hall–Kier alpha value is -0.570. The molecule has 1 aromatic carbocycles. The van der Waals surface area contributed by atoms with Gasteiger partial charge < -0.3 is 5.73 Å². The van der Waals surface area contributed by atoms with Crippen molar-refractivity contribution in [1.29, 1.82) is 0 Å². The minimum atomic E-state index is 0.171. The summed E-state index contributed by atoms with van der Waals surface area (Å²) in [6, 6.07) is 8.69. The topological polar surface area (TPSA) is 29.3 Å². The van der Waals surface area contributed by atoms with Gasteiger partial charge in [0.15, 0.2) is 0 Å². The highest BCUT2D eigenvalue weighted by Crippen LogP contribution is 2.38. The van der Waals surface area contributed by atoms with Gasteiger partial charge in [-0.1, -0.05) is 51.4 Å². The van der Waals surface area contributed by atoms with Crippen LogP contribution in [-0.2, 0) is 0 Å². The van der Waals surface area contributed by atoms with Crippen molar-refractivity contribution in [2.75, 3.05) is 13.1 Å². The Labute approximate surface area is 134 Å². The number of likely N-dealkylation sites (tertiary alicyclic amines) is 1. The summed E-state index contributed by atoms with van der Waals surface area (Å²) < 4.78 is 0. The van der Waals surface area contributed by atoms with Crippen LogP contribution in [0.5, 0.6) is 0 Å². The summed E-state index contributed by atoms with van der Waals surface area (Å²) in [6.07, 6.45) is 2.26. The Morgan fingerprint density at radius 3 is 2.38 bits per heavy atom. The van der Waals surface area contributed by atoms with E-state index in [1.54, 1.807) is 0 Å². The van der Waals surface area contributed by atoms with E-state index >= 15 is 0 Å². The molecule has 0 spiro atoms. The van der Waals surface area contributed by atoms with Gasteiger partial charge in [0, 0.05) is 23.7 Å². The SMILES string of the molecule is CCC(N)C(c1ccc(Cl)cc1)N1CCC(C(C)(C)C)C1. The first-order chi connectivity index (χ1) is 9.82. The van der Waals surface area contributed by atoms with Gasteiger partial charge in [0.25, 0.3) is 0 Å². The molecule has 1 aliphatic heterocycles. The monoisotopic (exact) mass is 308 g/mol. The molecule has 1 heterocycles. The van der Waals surface area contributed by atoms with Crippen molar-refractivity contribution in [2.24, 2.45) is 17.1 Å². The van der Waals surface area contributed by atoms with Crippen LogP contribution in [0.25, 0.3) is 0 Å². The van der Waals surface area contributed by atoms with Gasteiger partial charge in [-0.25, -0.2) is 0 Å². The second kappa shape index (κ2) is 6.68. The molecule has 2 rings (SSSR count). The zero-order chi connectivity index (χ0) is 15.6. The van der Waals surface area contributed by atoms with Gasteiger partial charge in [0.1, 0.15) is 0 Å². The molecule has 0 bridgehead atoms. The maximum atomic E-state index is 6.45. The summed E-state index contributed by atoms with van der Waals surface area (Å²) in [6.45, 7) is 11.5. The van der Waals surface area contributed by atoms with Crippen LogP contribution >= 0.6 is 11.6 Å². The van der Waals surface area contributed by atoms with E-state index in [9.17, 15) is 0 Å². The molecule has 0 aliphatic carbocycles. The second-order valence-corrected chi connectivity index (χ2v) is 7.85. The highest BCUT2D eigenvalue weighted by atomic mass is 35.5. The van der Waals surface area contributed by atoms with Crippen molar-refractivity contribution >= 4 is 11.6 Å². The number of benzene rings is 1. The molecule has 1 aliphatic rings. The standard InChI is InChI=1S/C18H29ClN2/c1-5-16(20)17(13-6-8-15(19)9-7-13)21-11-10-14(12-21)18(2,3)4/h6-9,14,16-17H,5,10-12,20H2,1-4H3. The predicted molar refractivity (Wildman–Crippen MR) is 91.6 cm³/mol. The first-order valence-electron chi connectivity index (χ1n) is 8.08. The zero-order valence-electron chi connectivity index (χ0n) is 13.8. The Morgan fingerprint density at radius 1 is 1.29 bits per heavy atom. The fraction of sp³-hybridized carbons (Fsp3) is 0.667. The average molecular weight is 309 g/mol. The molecule has 1 saturated heterocycles. The van der Waals surface area contributed by atoms with E-state index in [0.717, 1.165) is 30.5 Å². The Balaban J connectivity index is 2.20. The molecular formula is C18H29ClN2. The highest BCUT2D eigenvalue weighted by Gasteiger charge is 2.36. The largest absolute Gasteiger partial charge is 0.326 e. The Kier molecular flexibility index (Phi) is 5.34. The first kappa shape index (κ1) is 16.8. The third kappa shape index (κ3) is 4.00. The van der Waals surface area contributed by atoms with Gasteiger partial charge in [-0.15, -0.1) is 0 Å². The summed E-state index contributed by atoms with van der Waals surface area (Å²) in [5.74, 6) is 0.747. The quantitative estimate of drug-likeness (QED) is 0.888. The van der Waals surface area contributed by atoms with Crippen molar-refractivity contribution in [3.63, 3.8) is 0 Å². The lowest BCUT2D eigenvalue weighted by Crippen LogP contribution is -2.40. The molecule has 1 fully saturated rings. The minimum Gasteiger partial charge on any atom is -0.326 e. The van der Waals surface area contributed by atoms with Crippen molar-refractivity contribution in [2.45, 2.75) is 52.6 Å². The van der Waals surface area contributed by atoms with Crippen LogP contribution in [0.15, 0.2) is 24.3 Å². The summed E-state index contributed by atoms with van der Waals surface area (Å²) in [5.41, 5.74) is 8.11. The van der Waals surface area contributed by atoms with Crippen LogP contribution in [0.4, 0.5) is 0 Å². The number of nitrogens with zero attached hydrogens (tertiary/aromatic N) is 1. The average Bonchev–Trinajstić information content (AvgIpc) is 2.90. The van der Waals surface area contributed by atoms with Crippen LogP contribution in [0.1, 0.15) is 52.1 Å². The fourth-order valence-corrected chi connectivity index (χ4v) is 3.48. The lowest BCUT2D eigenvalue weighted by atomic mass is 9.80. The van der Waals surface area contributed by atoms with Gasteiger partial charge >= 0.3 is 0 Å². The van der Waals surface area contributed by atoms with Crippen LogP contribution in [-0.4, -0.2) is 24.0 Å². The Morgan fingerprint density at radius 2 is 1.90 bits per heavy atom. The number of hydrogen-bond acceptors (Lipinski definition) is 2. The third-order valence-corrected chi connectivity index (χ3v) is 5.18. The molecule has 0 radical (unpaired) electrons. The lowest BCUT2D eigenvalue weighted by Gasteiger charge is -2.34. The second-order valence-electron chi connectivity index (χ2n) is 7.42. The Bertz CT molecular complexity index is 449. The van der Waals surface area contributed by atoms with E-state index in [1.807, 2.05) is 12.1 Å². The van der Waals surface area contributed by atoms with Gasteiger partial charge in [-0.3, -0.25) is 4.90 Å². The minimum absolute atomic E-state index is 0.171. The first-order valence-corrected chi connectivity index (χ1v) is 8.45. The molecule has 2 N–H and O–H groups in total. The number of rotatable bonds is 4.